The van der Waals surface area contributed by atoms with Crippen LogP contribution in [0.2, 0.25) is 0 Å². The zero-order valence-electron chi connectivity index (χ0n) is 14.5. The van der Waals surface area contributed by atoms with Crippen LogP contribution in [0.3, 0.4) is 0 Å². The molecule has 0 spiro atoms. The molecule has 4 heteroatoms. The summed E-state index contributed by atoms with van der Waals surface area (Å²) >= 11 is 0. The van der Waals surface area contributed by atoms with Crippen LogP contribution in [0.15, 0.2) is 23.5 Å². The number of fused-ring (bicyclic) bond motifs is 6. The molecule has 0 aromatic heterocycles. The Balaban J connectivity index is 1.58. The summed E-state index contributed by atoms with van der Waals surface area (Å²) in [7, 11) is 1.61. The first-order chi connectivity index (χ1) is 11.4. The fraction of sp³-hybridized carbons (Fsp3) is 0.700. The molecule has 4 nitrogen and oxygen atoms in total. The Bertz CT molecular complexity index is 719. The number of carbonyl (C=O) groups is 2. The lowest BCUT2D eigenvalue weighted by molar-refractivity contribution is -0.141. The van der Waals surface area contributed by atoms with Gasteiger partial charge in [-0.3, -0.25) is 9.59 Å². The first-order valence-corrected chi connectivity index (χ1v) is 9.10. The lowest BCUT2D eigenvalue weighted by Crippen LogP contribution is -2.52. The molecule has 3 fully saturated rings. The van der Waals surface area contributed by atoms with E-state index < -0.39 is 5.41 Å². The van der Waals surface area contributed by atoms with E-state index in [1.807, 2.05) is 6.08 Å². The number of hydrogen-bond donors (Lipinski definition) is 0. The summed E-state index contributed by atoms with van der Waals surface area (Å²) < 4.78 is 11.1. The van der Waals surface area contributed by atoms with Crippen LogP contribution in [0, 0.1) is 28.6 Å². The number of Topliss-reactive ketones (excluding diaryl/α,β-unsaturated/α-hetero) is 1. The predicted molar refractivity (Wildman–Crippen MR) is 87.0 cm³/mol. The molecule has 0 bridgehead atoms. The Morgan fingerprint density at radius 1 is 1.17 bits per heavy atom. The van der Waals surface area contributed by atoms with E-state index in [2.05, 4.69) is 19.9 Å². The van der Waals surface area contributed by atoms with Gasteiger partial charge in [0.15, 0.2) is 17.7 Å². The van der Waals surface area contributed by atoms with Gasteiger partial charge in [-0.05, 0) is 48.8 Å². The van der Waals surface area contributed by atoms with Crippen molar-refractivity contribution >= 4 is 11.6 Å². The summed E-state index contributed by atoms with van der Waals surface area (Å²) in [6.07, 6.45) is 7.34. The van der Waals surface area contributed by atoms with Gasteiger partial charge in [0.25, 0.3) is 0 Å². The van der Waals surface area contributed by atoms with Crippen molar-refractivity contribution < 1.29 is 19.1 Å². The second-order valence-corrected chi connectivity index (χ2v) is 8.80. The molecular formula is C20H24O4. The van der Waals surface area contributed by atoms with Crippen LogP contribution in [-0.4, -0.2) is 30.9 Å². The zero-order valence-corrected chi connectivity index (χ0v) is 14.5. The van der Waals surface area contributed by atoms with Crippen molar-refractivity contribution in [2.75, 3.05) is 7.11 Å². The van der Waals surface area contributed by atoms with Gasteiger partial charge in [0, 0.05) is 30.3 Å². The van der Waals surface area contributed by atoms with Gasteiger partial charge in [0.05, 0.1) is 0 Å². The summed E-state index contributed by atoms with van der Waals surface area (Å²) in [5, 5.41) is 0. The van der Waals surface area contributed by atoms with E-state index in [1.165, 1.54) is 0 Å². The largest absolute Gasteiger partial charge is 0.483 e. The van der Waals surface area contributed by atoms with Crippen molar-refractivity contribution in [2.45, 2.75) is 51.7 Å². The van der Waals surface area contributed by atoms with E-state index in [0.29, 0.717) is 12.3 Å². The SMILES string of the molecule is CO[C@@H]1C[C@H]2[C@@H]3C(=O)C=C4C=C5OC5C[C@]4(C)[C@H]3CC[C@]2(C)C1=O. The van der Waals surface area contributed by atoms with Gasteiger partial charge < -0.3 is 9.47 Å². The first-order valence-electron chi connectivity index (χ1n) is 9.10. The van der Waals surface area contributed by atoms with Crippen LogP contribution in [0.5, 0.6) is 0 Å². The number of methoxy groups -OCH3 is 1. The number of ether oxygens (including phenoxy) is 2. The second kappa shape index (κ2) is 4.40. The monoisotopic (exact) mass is 328 g/mol. The van der Waals surface area contributed by atoms with Crippen LogP contribution in [-0.2, 0) is 19.1 Å². The maximum atomic E-state index is 13.0. The van der Waals surface area contributed by atoms with Gasteiger partial charge in [0.2, 0.25) is 0 Å². The third-order valence-electron chi connectivity index (χ3n) is 7.82. The van der Waals surface area contributed by atoms with Crippen molar-refractivity contribution in [3.63, 3.8) is 0 Å². The minimum Gasteiger partial charge on any atom is -0.483 e. The van der Waals surface area contributed by atoms with E-state index in [1.54, 1.807) is 7.11 Å². The molecule has 0 amide bonds. The van der Waals surface area contributed by atoms with Gasteiger partial charge >= 0.3 is 0 Å². The molecule has 7 atom stereocenters. The smallest absolute Gasteiger partial charge is 0.167 e. The molecule has 0 aromatic carbocycles. The molecule has 128 valence electrons. The maximum absolute atomic E-state index is 13.0. The molecule has 4 aliphatic carbocycles. The lowest BCUT2D eigenvalue weighted by atomic mass is 9.48. The van der Waals surface area contributed by atoms with Gasteiger partial charge in [-0.15, -0.1) is 0 Å². The molecule has 1 aliphatic heterocycles. The number of hydrogen-bond acceptors (Lipinski definition) is 4. The second-order valence-electron chi connectivity index (χ2n) is 8.80. The Morgan fingerprint density at radius 3 is 2.71 bits per heavy atom. The molecule has 5 aliphatic rings. The highest BCUT2D eigenvalue weighted by molar-refractivity contribution is 5.98. The summed E-state index contributed by atoms with van der Waals surface area (Å²) in [4.78, 5) is 25.8. The van der Waals surface area contributed by atoms with Crippen molar-refractivity contribution in [1.82, 2.24) is 0 Å². The molecule has 1 unspecified atom stereocenters. The van der Waals surface area contributed by atoms with Crippen LogP contribution in [0.4, 0.5) is 0 Å². The predicted octanol–water partition coefficient (Wildman–Crippen LogP) is 2.82. The Kier molecular flexibility index (Phi) is 2.73. The van der Waals surface area contributed by atoms with E-state index in [-0.39, 0.29) is 41.0 Å². The zero-order chi connectivity index (χ0) is 16.9. The Morgan fingerprint density at radius 2 is 1.96 bits per heavy atom. The fourth-order valence-corrected chi connectivity index (χ4v) is 6.27. The molecule has 5 rings (SSSR count). The highest BCUT2D eigenvalue weighted by atomic mass is 16.6. The van der Waals surface area contributed by atoms with Gasteiger partial charge in [-0.1, -0.05) is 13.8 Å². The highest BCUT2D eigenvalue weighted by Gasteiger charge is 2.64. The summed E-state index contributed by atoms with van der Waals surface area (Å²) in [6.45, 7) is 4.36. The number of ketones is 2. The minimum atomic E-state index is -0.398. The molecule has 1 saturated heterocycles. The number of carbonyl (C=O) groups excluding carboxylic acids is 2. The van der Waals surface area contributed by atoms with Crippen LogP contribution in [0.1, 0.15) is 39.5 Å². The number of allylic oxidation sites excluding steroid dienone is 3. The molecular weight excluding hydrogens is 304 g/mol. The quantitative estimate of drug-likeness (QED) is 0.695. The molecule has 0 N–H and O–H groups in total. The topological polar surface area (TPSA) is 55.9 Å². The van der Waals surface area contributed by atoms with Gasteiger partial charge in [0.1, 0.15) is 11.9 Å². The third kappa shape index (κ3) is 1.63. The third-order valence-corrected chi connectivity index (χ3v) is 7.82. The van der Waals surface area contributed by atoms with Crippen LogP contribution in [0.25, 0.3) is 0 Å². The maximum Gasteiger partial charge on any atom is 0.167 e. The average molecular weight is 328 g/mol. The lowest BCUT2D eigenvalue weighted by Gasteiger charge is -2.53. The average Bonchev–Trinajstić information content (AvgIpc) is 3.23. The van der Waals surface area contributed by atoms with E-state index in [9.17, 15) is 9.59 Å². The number of rotatable bonds is 1. The summed E-state index contributed by atoms with van der Waals surface area (Å²) in [5.74, 6) is 1.84. The van der Waals surface area contributed by atoms with Crippen molar-refractivity contribution in [2.24, 2.45) is 28.6 Å². The number of epoxide rings is 1. The summed E-state index contributed by atoms with van der Waals surface area (Å²) in [6, 6.07) is 0. The minimum absolute atomic E-state index is 0.00121. The Hall–Kier alpha value is -1.42. The van der Waals surface area contributed by atoms with Crippen LogP contribution >= 0.6 is 0 Å². The molecule has 0 radical (unpaired) electrons. The molecule has 2 saturated carbocycles. The Labute approximate surface area is 142 Å². The molecule has 24 heavy (non-hydrogen) atoms. The summed E-state index contributed by atoms with van der Waals surface area (Å²) in [5.41, 5.74) is 0.748. The standard InChI is InChI=1S/C20H24O4/c1-19-5-4-11-17(12(19)8-15(23-3)18(19)22)13(21)6-10-7-14-16(24-14)9-20(10,11)2/h6-7,11-12,15-17H,4-5,8-9H2,1-3H3/t11-,12-,15+,16?,17+,19-,20-/m0/s1. The van der Waals surface area contributed by atoms with Gasteiger partial charge in [-0.25, -0.2) is 0 Å². The van der Waals surface area contributed by atoms with E-state index >= 15 is 0 Å². The van der Waals surface area contributed by atoms with Crippen molar-refractivity contribution in [3.8, 4) is 0 Å². The van der Waals surface area contributed by atoms with Crippen LogP contribution < -0.4 is 0 Å². The van der Waals surface area contributed by atoms with Crippen molar-refractivity contribution in [3.05, 3.63) is 23.5 Å². The van der Waals surface area contributed by atoms with E-state index in [0.717, 1.165) is 30.6 Å². The highest BCUT2D eigenvalue weighted by Crippen LogP contribution is 2.64. The van der Waals surface area contributed by atoms with Gasteiger partial charge in [-0.2, -0.15) is 0 Å². The fourth-order valence-electron chi connectivity index (χ4n) is 6.27. The first kappa shape index (κ1) is 14.9. The van der Waals surface area contributed by atoms with E-state index in [4.69, 9.17) is 9.47 Å². The molecule has 1 heterocycles. The molecule has 0 aromatic rings. The van der Waals surface area contributed by atoms with Crippen molar-refractivity contribution in [1.29, 1.82) is 0 Å². The normalized spacial score (nSPS) is 51.5.